The number of rotatable bonds is 1. The summed E-state index contributed by atoms with van der Waals surface area (Å²) in [5, 5.41) is 8.87. The zero-order valence-electron chi connectivity index (χ0n) is 7.92. The quantitative estimate of drug-likeness (QED) is 0.713. The monoisotopic (exact) mass is 246 g/mol. The predicted octanol–water partition coefficient (Wildman–Crippen LogP) is 3.27. The molecule has 1 aliphatic carbocycles. The van der Waals surface area contributed by atoms with Gasteiger partial charge in [0.05, 0.1) is 17.2 Å². The normalized spacial score (nSPS) is 23.9. The average molecular weight is 247 g/mol. The first-order valence-corrected chi connectivity index (χ1v) is 4.94. The highest BCUT2D eigenvalue weighted by molar-refractivity contribution is 6.29. The molecular formula is C10H6ClF3N2. The molecule has 1 heterocycles. The van der Waals surface area contributed by atoms with Crippen LogP contribution in [-0.2, 0) is 0 Å². The summed E-state index contributed by atoms with van der Waals surface area (Å²) < 4.78 is 37.1. The number of halogens is 4. The van der Waals surface area contributed by atoms with Gasteiger partial charge in [0.1, 0.15) is 11.2 Å². The van der Waals surface area contributed by atoms with Crippen LogP contribution in [0.4, 0.5) is 13.2 Å². The van der Waals surface area contributed by atoms with E-state index in [-0.39, 0.29) is 22.8 Å². The van der Waals surface area contributed by atoms with Crippen molar-refractivity contribution in [3.05, 3.63) is 28.5 Å². The zero-order chi connectivity index (χ0) is 11.9. The maximum Gasteiger partial charge on any atom is 0.392 e. The molecule has 0 radical (unpaired) electrons. The van der Waals surface area contributed by atoms with Gasteiger partial charge in [0.2, 0.25) is 0 Å². The van der Waals surface area contributed by atoms with Crippen molar-refractivity contribution in [2.24, 2.45) is 5.92 Å². The molecule has 84 valence electrons. The second kappa shape index (κ2) is 3.63. The van der Waals surface area contributed by atoms with E-state index in [1.54, 1.807) is 0 Å². The third-order valence-corrected chi connectivity index (χ3v) is 2.78. The molecule has 0 spiro atoms. The fraction of sp³-hybridized carbons (Fsp3) is 0.400. The van der Waals surface area contributed by atoms with Gasteiger partial charge in [-0.15, -0.1) is 0 Å². The Labute approximate surface area is 94.7 Å². The largest absolute Gasteiger partial charge is 0.392 e. The van der Waals surface area contributed by atoms with Gasteiger partial charge in [0.15, 0.2) is 0 Å². The Morgan fingerprint density at radius 3 is 2.62 bits per heavy atom. The summed E-state index contributed by atoms with van der Waals surface area (Å²) in [4.78, 5) is 3.81. The number of pyridine rings is 1. The Bertz CT molecular complexity index is 464. The van der Waals surface area contributed by atoms with Crippen LogP contribution >= 0.6 is 11.6 Å². The lowest BCUT2D eigenvalue weighted by Crippen LogP contribution is -2.12. The van der Waals surface area contributed by atoms with E-state index in [9.17, 15) is 13.2 Å². The number of aromatic nitrogens is 1. The number of nitrogens with zero attached hydrogens (tertiary/aromatic N) is 2. The van der Waals surface area contributed by atoms with E-state index in [2.05, 4.69) is 4.98 Å². The minimum atomic E-state index is -4.22. The highest BCUT2D eigenvalue weighted by Crippen LogP contribution is 2.56. The van der Waals surface area contributed by atoms with Crippen LogP contribution in [0.3, 0.4) is 0 Å². The summed E-state index contributed by atoms with van der Waals surface area (Å²) >= 11 is 5.61. The first-order valence-electron chi connectivity index (χ1n) is 4.56. The topological polar surface area (TPSA) is 36.7 Å². The smallest absolute Gasteiger partial charge is 0.239 e. The molecule has 2 nitrogen and oxygen atoms in total. The lowest BCUT2D eigenvalue weighted by molar-refractivity contribution is -0.148. The third-order valence-electron chi connectivity index (χ3n) is 2.57. The fourth-order valence-corrected chi connectivity index (χ4v) is 1.84. The second-order valence-corrected chi connectivity index (χ2v) is 4.06. The predicted molar refractivity (Wildman–Crippen MR) is 50.9 cm³/mol. The van der Waals surface area contributed by atoms with Gasteiger partial charge in [-0.05, 0) is 18.6 Å². The van der Waals surface area contributed by atoms with Crippen LogP contribution in [0, 0.1) is 17.2 Å². The van der Waals surface area contributed by atoms with Gasteiger partial charge in [-0.25, -0.2) is 4.98 Å². The average Bonchev–Trinajstić information content (AvgIpc) is 2.96. The first-order chi connectivity index (χ1) is 7.43. The van der Waals surface area contributed by atoms with Gasteiger partial charge in [-0.3, -0.25) is 0 Å². The minimum Gasteiger partial charge on any atom is -0.239 e. The summed E-state index contributed by atoms with van der Waals surface area (Å²) in [6.07, 6.45) is -4.23. The molecular weight excluding hydrogens is 241 g/mol. The van der Waals surface area contributed by atoms with E-state index in [0.717, 1.165) is 0 Å². The molecule has 0 aromatic carbocycles. The lowest BCUT2D eigenvalue weighted by atomic mass is 10.1. The maximum absolute atomic E-state index is 12.4. The van der Waals surface area contributed by atoms with Crippen LogP contribution in [0.2, 0.25) is 5.15 Å². The number of nitriles is 1. The highest BCUT2D eigenvalue weighted by Gasteiger charge is 2.57. The zero-order valence-corrected chi connectivity index (χ0v) is 8.68. The van der Waals surface area contributed by atoms with Crippen molar-refractivity contribution in [1.29, 1.82) is 5.26 Å². The minimum absolute atomic E-state index is 0.00841. The fourth-order valence-electron chi connectivity index (χ4n) is 1.69. The molecule has 6 heteroatoms. The number of hydrogen-bond acceptors (Lipinski definition) is 2. The Balaban J connectivity index is 2.30. The number of hydrogen-bond donors (Lipinski definition) is 0. The Hall–Kier alpha value is -1.28. The summed E-state index contributed by atoms with van der Waals surface area (Å²) in [5.41, 5.74) is 0.332. The lowest BCUT2D eigenvalue weighted by Gasteiger charge is -2.06. The van der Waals surface area contributed by atoms with Crippen LogP contribution in [0.5, 0.6) is 0 Å². The summed E-state index contributed by atoms with van der Waals surface area (Å²) in [6.45, 7) is 0. The van der Waals surface area contributed by atoms with Crippen LogP contribution in [0.25, 0.3) is 0 Å². The molecule has 1 aliphatic rings. The molecule has 16 heavy (non-hydrogen) atoms. The van der Waals surface area contributed by atoms with E-state index in [1.165, 1.54) is 12.1 Å². The molecule has 0 saturated heterocycles. The van der Waals surface area contributed by atoms with E-state index in [0.29, 0.717) is 0 Å². The van der Waals surface area contributed by atoms with Gasteiger partial charge in [-0.1, -0.05) is 11.6 Å². The second-order valence-electron chi connectivity index (χ2n) is 3.67. The third kappa shape index (κ3) is 1.98. The van der Waals surface area contributed by atoms with Gasteiger partial charge in [0.25, 0.3) is 0 Å². The van der Waals surface area contributed by atoms with E-state index >= 15 is 0 Å². The first kappa shape index (κ1) is 11.2. The molecule has 2 atom stereocenters. The molecule has 0 N–H and O–H groups in total. The van der Waals surface area contributed by atoms with Crippen LogP contribution in [0.15, 0.2) is 12.1 Å². The van der Waals surface area contributed by atoms with Crippen molar-refractivity contribution in [2.45, 2.75) is 18.5 Å². The molecule has 0 bridgehead atoms. The van der Waals surface area contributed by atoms with E-state index < -0.39 is 18.0 Å². The number of alkyl halides is 3. The Morgan fingerprint density at radius 2 is 2.12 bits per heavy atom. The molecule has 2 unspecified atom stereocenters. The van der Waals surface area contributed by atoms with Gasteiger partial charge < -0.3 is 0 Å². The summed E-state index contributed by atoms with van der Waals surface area (Å²) in [7, 11) is 0. The van der Waals surface area contributed by atoms with Crippen molar-refractivity contribution in [3.8, 4) is 6.07 Å². The van der Waals surface area contributed by atoms with Crippen LogP contribution in [0.1, 0.15) is 23.6 Å². The van der Waals surface area contributed by atoms with E-state index in [1.807, 2.05) is 6.07 Å². The molecule has 2 rings (SSSR count). The molecule has 0 aliphatic heterocycles. The van der Waals surface area contributed by atoms with Gasteiger partial charge in [-0.2, -0.15) is 18.4 Å². The molecule has 0 amide bonds. The van der Waals surface area contributed by atoms with Crippen molar-refractivity contribution < 1.29 is 13.2 Å². The van der Waals surface area contributed by atoms with Crippen LogP contribution < -0.4 is 0 Å². The molecule has 1 aromatic rings. The van der Waals surface area contributed by atoms with E-state index in [4.69, 9.17) is 16.9 Å². The SMILES string of the molecule is N#Cc1ccc(Cl)nc1C1CC1C(F)(F)F. The van der Waals surface area contributed by atoms with Crippen molar-refractivity contribution >= 4 is 11.6 Å². The Kier molecular flexibility index (Phi) is 2.55. The summed E-state index contributed by atoms with van der Waals surface area (Å²) in [5.74, 6) is -2.10. The van der Waals surface area contributed by atoms with Crippen molar-refractivity contribution in [3.63, 3.8) is 0 Å². The maximum atomic E-state index is 12.4. The molecule has 1 saturated carbocycles. The highest BCUT2D eigenvalue weighted by atomic mass is 35.5. The summed E-state index contributed by atoms with van der Waals surface area (Å²) in [6, 6.07) is 4.62. The van der Waals surface area contributed by atoms with Crippen LogP contribution in [-0.4, -0.2) is 11.2 Å². The van der Waals surface area contributed by atoms with Crippen molar-refractivity contribution in [2.75, 3.05) is 0 Å². The Morgan fingerprint density at radius 1 is 1.44 bits per heavy atom. The molecule has 1 fully saturated rings. The standard InChI is InChI=1S/C10H6ClF3N2/c11-8-2-1-5(4-15)9(16-8)6-3-7(6)10(12,13)14/h1-2,6-7H,3H2. The van der Waals surface area contributed by atoms with Gasteiger partial charge >= 0.3 is 6.18 Å². The molecule has 1 aromatic heterocycles. The van der Waals surface area contributed by atoms with Gasteiger partial charge in [0, 0.05) is 5.92 Å². The van der Waals surface area contributed by atoms with Crippen molar-refractivity contribution in [1.82, 2.24) is 4.98 Å².